The van der Waals surface area contributed by atoms with Crippen molar-refractivity contribution in [2.24, 2.45) is 0 Å². The van der Waals surface area contributed by atoms with Crippen LogP contribution in [0.15, 0.2) is 53.8 Å². The summed E-state index contributed by atoms with van der Waals surface area (Å²) in [6.07, 6.45) is 3.68. The van der Waals surface area contributed by atoms with Gasteiger partial charge < -0.3 is 0 Å². The molecule has 94 valence electrons. The smallest absolute Gasteiger partial charge is 0.151 e. The molecule has 0 saturated heterocycles. The first-order chi connectivity index (χ1) is 9.31. The van der Waals surface area contributed by atoms with Crippen LogP contribution in [0.25, 0.3) is 10.8 Å². The summed E-state index contributed by atoms with van der Waals surface area (Å²) in [5.74, 6) is 0.856. The summed E-state index contributed by atoms with van der Waals surface area (Å²) in [4.78, 5) is 4.11. The fraction of sp³-hybridized carbons (Fsp3) is 0.0714. The van der Waals surface area contributed by atoms with Crippen molar-refractivity contribution in [1.29, 1.82) is 0 Å². The van der Waals surface area contributed by atoms with Crippen LogP contribution in [0.3, 0.4) is 0 Å². The molecule has 0 spiro atoms. The van der Waals surface area contributed by atoms with Crippen molar-refractivity contribution < 1.29 is 0 Å². The Bertz CT molecular complexity index is 700. The summed E-state index contributed by atoms with van der Waals surface area (Å²) in [5, 5.41) is 11.5. The quantitative estimate of drug-likeness (QED) is 0.683. The van der Waals surface area contributed by atoms with Crippen LogP contribution in [0.2, 0.25) is 5.15 Å². The molecule has 3 nitrogen and oxygen atoms in total. The first-order valence-electron chi connectivity index (χ1n) is 5.76. The number of nitrogens with zero attached hydrogens (tertiary/aromatic N) is 3. The van der Waals surface area contributed by atoms with Crippen LogP contribution in [0.1, 0.15) is 5.56 Å². The van der Waals surface area contributed by atoms with Gasteiger partial charge in [0.25, 0.3) is 0 Å². The van der Waals surface area contributed by atoms with E-state index in [1.54, 1.807) is 17.8 Å². The van der Waals surface area contributed by atoms with Crippen molar-refractivity contribution in [2.45, 2.75) is 10.8 Å². The first kappa shape index (κ1) is 12.4. The van der Waals surface area contributed by atoms with Crippen molar-refractivity contribution >= 4 is 34.1 Å². The van der Waals surface area contributed by atoms with E-state index in [1.165, 1.54) is 10.9 Å². The SMILES string of the molecule is Clc1ccc(SCc2ccc3cnccc3c2)nn1. The van der Waals surface area contributed by atoms with Gasteiger partial charge in [0.2, 0.25) is 0 Å². The maximum atomic E-state index is 5.71. The van der Waals surface area contributed by atoms with Crippen LogP contribution in [-0.4, -0.2) is 15.2 Å². The third kappa shape index (κ3) is 3.03. The van der Waals surface area contributed by atoms with Crippen LogP contribution in [0.4, 0.5) is 0 Å². The van der Waals surface area contributed by atoms with E-state index >= 15 is 0 Å². The van der Waals surface area contributed by atoms with Gasteiger partial charge >= 0.3 is 0 Å². The van der Waals surface area contributed by atoms with E-state index in [0.29, 0.717) is 5.15 Å². The van der Waals surface area contributed by atoms with Crippen molar-refractivity contribution in [3.8, 4) is 0 Å². The Balaban J connectivity index is 1.76. The zero-order chi connectivity index (χ0) is 13.1. The number of benzene rings is 1. The van der Waals surface area contributed by atoms with Gasteiger partial charge in [-0.3, -0.25) is 4.98 Å². The van der Waals surface area contributed by atoms with Crippen LogP contribution < -0.4 is 0 Å². The Kier molecular flexibility index (Phi) is 3.62. The molecule has 0 amide bonds. The van der Waals surface area contributed by atoms with E-state index in [2.05, 4.69) is 33.4 Å². The molecule has 0 saturated carbocycles. The van der Waals surface area contributed by atoms with E-state index in [-0.39, 0.29) is 0 Å². The molecule has 0 N–H and O–H groups in total. The molecule has 3 rings (SSSR count). The van der Waals surface area contributed by atoms with Crippen molar-refractivity contribution in [3.63, 3.8) is 0 Å². The lowest BCUT2D eigenvalue weighted by Gasteiger charge is -2.03. The molecule has 0 aliphatic rings. The van der Waals surface area contributed by atoms with Gasteiger partial charge in [0.1, 0.15) is 5.03 Å². The normalized spacial score (nSPS) is 10.8. The molecule has 3 aromatic rings. The lowest BCUT2D eigenvalue weighted by atomic mass is 10.1. The van der Waals surface area contributed by atoms with E-state index in [1.807, 2.05) is 24.5 Å². The molecule has 0 bridgehead atoms. The number of pyridine rings is 1. The van der Waals surface area contributed by atoms with Gasteiger partial charge in [-0.25, -0.2) is 0 Å². The highest BCUT2D eigenvalue weighted by Crippen LogP contribution is 2.23. The fourth-order valence-electron chi connectivity index (χ4n) is 1.76. The number of thioether (sulfide) groups is 1. The van der Waals surface area contributed by atoms with Gasteiger partial charge in [0.05, 0.1) is 0 Å². The van der Waals surface area contributed by atoms with E-state index in [0.717, 1.165) is 16.2 Å². The van der Waals surface area contributed by atoms with E-state index < -0.39 is 0 Å². The predicted octanol–water partition coefficient (Wildman–Crippen LogP) is 3.97. The summed E-state index contributed by atoms with van der Waals surface area (Å²) in [6.45, 7) is 0. The monoisotopic (exact) mass is 287 g/mol. The summed E-state index contributed by atoms with van der Waals surface area (Å²) < 4.78 is 0. The lowest BCUT2D eigenvalue weighted by Crippen LogP contribution is -1.87. The Labute approximate surface area is 120 Å². The molecule has 2 heterocycles. The fourth-order valence-corrected chi connectivity index (χ4v) is 2.62. The molecule has 19 heavy (non-hydrogen) atoms. The van der Waals surface area contributed by atoms with Gasteiger partial charge in [-0.2, -0.15) is 0 Å². The zero-order valence-corrected chi connectivity index (χ0v) is 11.5. The third-order valence-electron chi connectivity index (χ3n) is 2.70. The average molecular weight is 288 g/mol. The van der Waals surface area contributed by atoms with Gasteiger partial charge in [0.15, 0.2) is 5.15 Å². The lowest BCUT2D eigenvalue weighted by molar-refractivity contribution is 0.929. The summed E-state index contributed by atoms with van der Waals surface area (Å²) in [5.41, 5.74) is 1.25. The highest BCUT2D eigenvalue weighted by Gasteiger charge is 2.00. The number of hydrogen-bond donors (Lipinski definition) is 0. The number of rotatable bonds is 3. The molecule has 0 fully saturated rings. The van der Waals surface area contributed by atoms with E-state index in [4.69, 9.17) is 11.6 Å². The highest BCUT2D eigenvalue weighted by molar-refractivity contribution is 7.98. The first-order valence-corrected chi connectivity index (χ1v) is 7.12. The Morgan fingerprint density at radius 1 is 1.00 bits per heavy atom. The van der Waals surface area contributed by atoms with Gasteiger partial charge in [0, 0.05) is 23.5 Å². The molecule has 0 radical (unpaired) electrons. The molecule has 0 unspecified atom stereocenters. The van der Waals surface area contributed by atoms with Crippen molar-refractivity contribution in [1.82, 2.24) is 15.2 Å². The van der Waals surface area contributed by atoms with Crippen molar-refractivity contribution in [2.75, 3.05) is 0 Å². The number of fused-ring (bicyclic) bond motifs is 1. The van der Waals surface area contributed by atoms with Crippen LogP contribution >= 0.6 is 23.4 Å². The maximum Gasteiger partial charge on any atom is 0.151 e. The zero-order valence-electron chi connectivity index (χ0n) is 9.95. The maximum absolute atomic E-state index is 5.71. The summed E-state index contributed by atoms with van der Waals surface area (Å²) in [7, 11) is 0. The topological polar surface area (TPSA) is 38.7 Å². The number of hydrogen-bond acceptors (Lipinski definition) is 4. The molecule has 1 aromatic carbocycles. The van der Waals surface area contributed by atoms with Crippen LogP contribution in [-0.2, 0) is 5.75 Å². The molecular formula is C14H10ClN3S. The second-order valence-electron chi connectivity index (χ2n) is 4.04. The van der Waals surface area contributed by atoms with Crippen molar-refractivity contribution in [3.05, 3.63) is 59.5 Å². The molecule has 2 aromatic heterocycles. The average Bonchev–Trinajstić information content (AvgIpc) is 2.46. The predicted molar refractivity (Wildman–Crippen MR) is 78.3 cm³/mol. The second kappa shape index (κ2) is 5.55. The molecule has 0 atom stereocenters. The molecule has 0 aliphatic heterocycles. The molecule has 0 aliphatic carbocycles. The molecular weight excluding hydrogens is 278 g/mol. The summed E-state index contributed by atoms with van der Waals surface area (Å²) in [6, 6.07) is 12.0. The van der Waals surface area contributed by atoms with Crippen LogP contribution in [0, 0.1) is 0 Å². The Morgan fingerprint density at radius 3 is 2.79 bits per heavy atom. The minimum atomic E-state index is 0.419. The number of halogens is 1. The standard InChI is InChI=1S/C14H10ClN3S/c15-13-3-4-14(18-17-13)19-9-10-1-2-12-8-16-6-5-11(12)7-10/h1-8H,9H2. The van der Waals surface area contributed by atoms with Crippen LogP contribution in [0.5, 0.6) is 0 Å². The largest absolute Gasteiger partial charge is 0.264 e. The highest BCUT2D eigenvalue weighted by atomic mass is 35.5. The van der Waals surface area contributed by atoms with E-state index in [9.17, 15) is 0 Å². The third-order valence-corrected chi connectivity index (χ3v) is 3.89. The van der Waals surface area contributed by atoms with Gasteiger partial charge in [-0.1, -0.05) is 41.6 Å². The van der Waals surface area contributed by atoms with Gasteiger partial charge in [-0.05, 0) is 29.1 Å². The minimum absolute atomic E-state index is 0.419. The second-order valence-corrected chi connectivity index (χ2v) is 5.42. The molecule has 5 heteroatoms. The minimum Gasteiger partial charge on any atom is -0.264 e. The Hall–Kier alpha value is -1.65. The Morgan fingerprint density at radius 2 is 1.95 bits per heavy atom. The van der Waals surface area contributed by atoms with Gasteiger partial charge in [-0.15, -0.1) is 10.2 Å². The summed E-state index contributed by atoms with van der Waals surface area (Å²) >= 11 is 7.35. The number of aromatic nitrogens is 3.